The Morgan fingerprint density at radius 3 is 2.71 bits per heavy atom. The van der Waals surface area contributed by atoms with Crippen molar-refractivity contribution in [3.63, 3.8) is 0 Å². The molecular formula is C11H12O3. The molecule has 1 aromatic rings. The average molecular weight is 192 g/mol. The van der Waals surface area contributed by atoms with Gasteiger partial charge in [-0.1, -0.05) is 19.2 Å². The number of ether oxygens (including phenoxy) is 1. The first-order chi connectivity index (χ1) is 6.65. The van der Waals surface area contributed by atoms with E-state index < -0.39 is 0 Å². The zero-order valence-corrected chi connectivity index (χ0v) is 7.73. The number of aliphatic hydroxyl groups excluding tert-OH is 1. The van der Waals surface area contributed by atoms with Gasteiger partial charge in [0.1, 0.15) is 12.4 Å². The van der Waals surface area contributed by atoms with Crippen LogP contribution in [-0.2, 0) is 0 Å². The van der Waals surface area contributed by atoms with Gasteiger partial charge in [-0.05, 0) is 18.2 Å². The minimum absolute atomic E-state index is 0.0282. The van der Waals surface area contributed by atoms with Crippen LogP contribution in [0.25, 0.3) is 5.76 Å². The smallest absolute Gasteiger partial charge is 0.161 e. The standard InChI is InChI=1S/C11H12O3/c1-3-6-14-11-5-4-9(8(2)12)7-10(11)13/h3-5,7,12-13H,1-2,6H2. The molecule has 1 rings (SSSR count). The molecular weight excluding hydrogens is 180 g/mol. The molecule has 0 aliphatic carbocycles. The van der Waals surface area contributed by atoms with Crippen LogP contribution >= 0.6 is 0 Å². The Bertz CT molecular complexity index is 356. The SMILES string of the molecule is C=CCOc1ccc(C(=C)O)cc1O. The van der Waals surface area contributed by atoms with Gasteiger partial charge in [0.25, 0.3) is 0 Å². The lowest BCUT2D eigenvalue weighted by atomic mass is 10.2. The number of hydrogen-bond donors (Lipinski definition) is 2. The van der Waals surface area contributed by atoms with Crippen LogP contribution < -0.4 is 4.74 Å². The third-order valence-electron chi connectivity index (χ3n) is 1.65. The molecule has 1 aromatic carbocycles. The van der Waals surface area contributed by atoms with Gasteiger partial charge in [-0.2, -0.15) is 0 Å². The maximum absolute atomic E-state index is 9.46. The van der Waals surface area contributed by atoms with Crippen molar-refractivity contribution in [2.24, 2.45) is 0 Å². The van der Waals surface area contributed by atoms with E-state index in [0.717, 1.165) is 0 Å². The number of benzene rings is 1. The van der Waals surface area contributed by atoms with Gasteiger partial charge in [-0.15, -0.1) is 0 Å². The van der Waals surface area contributed by atoms with Gasteiger partial charge in [0.15, 0.2) is 11.5 Å². The highest BCUT2D eigenvalue weighted by Gasteiger charge is 2.04. The van der Waals surface area contributed by atoms with E-state index in [1.807, 2.05) is 0 Å². The highest BCUT2D eigenvalue weighted by atomic mass is 16.5. The molecule has 0 atom stereocenters. The molecule has 0 radical (unpaired) electrons. The number of hydrogen-bond acceptors (Lipinski definition) is 3. The van der Waals surface area contributed by atoms with Crippen LogP contribution in [0.2, 0.25) is 0 Å². The third-order valence-corrected chi connectivity index (χ3v) is 1.65. The van der Waals surface area contributed by atoms with E-state index in [2.05, 4.69) is 13.2 Å². The van der Waals surface area contributed by atoms with Crippen molar-refractivity contribution < 1.29 is 14.9 Å². The molecule has 0 heterocycles. The summed E-state index contributed by atoms with van der Waals surface area (Å²) in [5.41, 5.74) is 0.466. The number of phenolic OH excluding ortho intramolecular Hbond substituents is 1. The molecule has 0 spiro atoms. The minimum atomic E-state index is -0.0874. The van der Waals surface area contributed by atoms with Crippen molar-refractivity contribution in [1.82, 2.24) is 0 Å². The summed E-state index contributed by atoms with van der Waals surface area (Å²) >= 11 is 0. The van der Waals surface area contributed by atoms with Crippen LogP contribution in [-0.4, -0.2) is 16.8 Å². The minimum Gasteiger partial charge on any atom is -0.508 e. The maximum Gasteiger partial charge on any atom is 0.161 e. The average Bonchev–Trinajstić information content (AvgIpc) is 2.15. The van der Waals surface area contributed by atoms with Gasteiger partial charge >= 0.3 is 0 Å². The summed E-state index contributed by atoms with van der Waals surface area (Å²) in [6.45, 7) is 7.16. The van der Waals surface area contributed by atoms with E-state index in [-0.39, 0.29) is 11.5 Å². The van der Waals surface area contributed by atoms with Crippen molar-refractivity contribution in [2.45, 2.75) is 0 Å². The summed E-state index contributed by atoms with van der Waals surface area (Å²) in [5.74, 6) is 0.241. The molecule has 0 aliphatic rings. The molecule has 0 aliphatic heterocycles. The third kappa shape index (κ3) is 2.29. The fraction of sp³-hybridized carbons (Fsp3) is 0.0909. The van der Waals surface area contributed by atoms with Crippen molar-refractivity contribution in [2.75, 3.05) is 6.61 Å². The molecule has 74 valence electrons. The van der Waals surface area contributed by atoms with Gasteiger partial charge < -0.3 is 14.9 Å². The van der Waals surface area contributed by atoms with E-state index in [1.54, 1.807) is 18.2 Å². The van der Waals surface area contributed by atoms with Crippen LogP contribution in [0.5, 0.6) is 11.5 Å². The normalized spacial score (nSPS) is 9.43. The fourth-order valence-electron chi connectivity index (χ4n) is 0.968. The van der Waals surface area contributed by atoms with Crippen molar-refractivity contribution in [1.29, 1.82) is 0 Å². The Labute approximate surface area is 82.6 Å². The lowest BCUT2D eigenvalue weighted by Crippen LogP contribution is -1.93. The van der Waals surface area contributed by atoms with Gasteiger partial charge in [0.05, 0.1) is 0 Å². The second-order valence-electron chi connectivity index (χ2n) is 2.73. The van der Waals surface area contributed by atoms with Crippen molar-refractivity contribution in [3.8, 4) is 11.5 Å². The zero-order valence-electron chi connectivity index (χ0n) is 7.73. The lowest BCUT2D eigenvalue weighted by Gasteiger charge is -2.06. The predicted molar refractivity (Wildman–Crippen MR) is 55.5 cm³/mol. The number of aromatic hydroxyl groups is 1. The largest absolute Gasteiger partial charge is 0.508 e. The summed E-state index contributed by atoms with van der Waals surface area (Å²) in [6, 6.07) is 4.57. The monoisotopic (exact) mass is 192 g/mol. The zero-order chi connectivity index (χ0) is 10.6. The van der Waals surface area contributed by atoms with Crippen LogP contribution in [0, 0.1) is 0 Å². The van der Waals surface area contributed by atoms with Crippen LogP contribution in [0.15, 0.2) is 37.4 Å². The number of aliphatic hydroxyl groups is 1. The number of phenols is 1. The van der Waals surface area contributed by atoms with Crippen molar-refractivity contribution >= 4 is 5.76 Å². The highest BCUT2D eigenvalue weighted by molar-refractivity contribution is 5.60. The molecule has 0 amide bonds. The van der Waals surface area contributed by atoms with Gasteiger partial charge in [0, 0.05) is 5.56 Å². The molecule has 3 nitrogen and oxygen atoms in total. The van der Waals surface area contributed by atoms with E-state index in [9.17, 15) is 5.11 Å². The fourth-order valence-corrected chi connectivity index (χ4v) is 0.968. The summed E-state index contributed by atoms with van der Waals surface area (Å²) in [7, 11) is 0. The lowest BCUT2D eigenvalue weighted by molar-refractivity contribution is 0.336. The molecule has 0 aromatic heterocycles. The van der Waals surface area contributed by atoms with Crippen molar-refractivity contribution in [3.05, 3.63) is 43.0 Å². The second-order valence-corrected chi connectivity index (χ2v) is 2.73. The molecule has 0 saturated carbocycles. The van der Waals surface area contributed by atoms with Crippen LogP contribution in [0.4, 0.5) is 0 Å². The summed E-state index contributed by atoms with van der Waals surface area (Å²) in [6.07, 6.45) is 1.58. The Hall–Kier alpha value is -1.90. The summed E-state index contributed by atoms with van der Waals surface area (Å²) in [4.78, 5) is 0. The molecule has 0 saturated heterocycles. The first-order valence-corrected chi connectivity index (χ1v) is 4.10. The van der Waals surface area contributed by atoms with E-state index in [0.29, 0.717) is 17.9 Å². The molecule has 0 bridgehead atoms. The quantitative estimate of drug-likeness (QED) is 0.569. The Morgan fingerprint density at radius 2 is 2.21 bits per heavy atom. The second kappa shape index (κ2) is 4.37. The van der Waals surface area contributed by atoms with E-state index in [1.165, 1.54) is 6.07 Å². The molecule has 0 unspecified atom stereocenters. The van der Waals surface area contributed by atoms with E-state index in [4.69, 9.17) is 9.84 Å². The first-order valence-electron chi connectivity index (χ1n) is 4.10. The molecule has 14 heavy (non-hydrogen) atoms. The first kappa shape index (κ1) is 10.2. The van der Waals surface area contributed by atoms with Crippen LogP contribution in [0.3, 0.4) is 0 Å². The summed E-state index contributed by atoms with van der Waals surface area (Å²) < 4.78 is 5.14. The van der Waals surface area contributed by atoms with Crippen LogP contribution in [0.1, 0.15) is 5.56 Å². The Kier molecular flexibility index (Phi) is 3.18. The molecule has 2 N–H and O–H groups in total. The topological polar surface area (TPSA) is 49.7 Å². The summed E-state index contributed by atoms with van der Waals surface area (Å²) in [5, 5.41) is 18.5. The Morgan fingerprint density at radius 1 is 1.50 bits per heavy atom. The molecule has 0 fully saturated rings. The van der Waals surface area contributed by atoms with Gasteiger partial charge in [0.2, 0.25) is 0 Å². The molecule has 3 heteroatoms. The highest BCUT2D eigenvalue weighted by Crippen LogP contribution is 2.28. The predicted octanol–water partition coefficient (Wildman–Crippen LogP) is 2.49. The Balaban J connectivity index is 2.89. The van der Waals surface area contributed by atoms with Gasteiger partial charge in [-0.3, -0.25) is 0 Å². The maximum atomic E-state index is 9.46. The van der Waals surface area contributed by atoms with E-state index >= 15 is 0 Å². The van der Waals surface area contributed by atoms with Gasteiger partial charge in [-0.25, -0.2) is 0 Å². The number of rotatable bonds is 4.